The third-order valence-corrected chi connectivity index (χ3v) is 6.44. The quantitative estimate of drug-likeness (QED) is 0.460. The fourth-order valence-electron chi connectivity index (χ4n) is 3.91. The lowest BCUT2D eigenvalue weighted by Crippen LogP contribution is -2.43. The zero-order valence-corrected chi connectivity index (χ0v) is 18.0. The molecule has 1 atom stereocenters. The average Bonchev–Trinajstić information content (AvgIpc) is 2.78. The Labute approximate surface area is 179 Å². The topological polar surface area (TPSA) is 64.4 Å². The molecular formula is C23H25N3O3S. The molecule has 2 heterocycles. The molecule has 1 aromatic heterocycles. The van der Waals surface area contributed by atoms with Crippen molar-refractivity contribution < 1.29 is 9.53 Å². The molecule has 7 heteroatoms. The Morgan fingerprint density at radius 3 is 2.73 bits per heavy atom. The summed E-state index contributed by atoms with van der Waals surface area (Å²) in [6.07, 6.45) is 3.25. The molecule has 2 aromatic carbocycles. The minimum absolute atomic E-state index is 0.0844. The summed E-state index contributed by atoms with van der Waals surface area (Å²) in [5, 5.41) is 1.02. The van der Waals surface area contributed by atoms with Crippen LogP contribution in [-0.4, -0.2) is 45.8 Å². The van der Waals surface area contributed by atoms with Crippen LogP contribution >= 0.6 is 11.8 Å². The maximum absolute atomic E-state index is 13.4. The second-order valence-electron chi connectivity index (χ2n) is 7.44. The highest BCUT2D eigenvalue weighted by atomic mass is 32.2. The molecule has 1 saturated heterocycles. The lowest BCUT2D eigenvalue weighted by Gasteiger charge is -2.33. The summed E-state index contributed by atoms with van der Waals surface area (Å²) in [6, 6.07) is 14.9. The number of hydrogen-bond donors (Lipinski definition) is 0. The van der Waals surface area contributed by atoms with Gasteiger partial charge in [0.15, 0.2) is 5.16 Å². The van der Waals surface area contributed by atoms with Crippen LogP contribution in [0, 0.1) is 0 Å². The number of likely N-dealkylation sites (tertiary alicyclic amines) is 1. The number of ether oxygens (including phenoxy) is 1. The number of carbonyl (C=O) groups excluding carboxylic acids is 1. The number of benzene rings is 2. The van der Waals surface area contributed by atoms with Crippen molar-refractivity contribution in [2.75, 3.05) is 19.4 Å². The minimum atomic E-state index is -0.175. The van der Waals surface area contributed by atoms with Crippen LogP contribution in [0.25, 0.3) is 16.6 Å². The first-order valence-electron chi connectivity index (χ1n) is 10.2. The normalized spacial score (nSPS) is 16.6. The van der Waals surface area contributed by atoms with Gasteiger partial charge in [-0.05, 0) is 50.5 Å². The number of amides is 1. The number of piperidine rings is 1. The molecular weight excluding hydrogens is 398 g/mol. The van der Waals surface area contributed by atoms with Crippen LogP contribution in [0.5, 0.6) is 5.75 Å². The van der Waals surface area contributed by atoms with E-state index in [0.717, 1.165) is 25.8 Å². The van der Waals surface area contributed by atoms with Crippen molar-refractivity contribution >= 4 is 28.6 Å². The average molecular weight is 424 g/mol. The standard InChI is InChI=1S/C23H25N3O3S/c1-16-9-7-8-14-25(16)21(27)15-30-23-24-18-11-4-3-10-17(18)22(28)26(23)19-12-5-6-13-20(19)29-2/h3-6,10-13,16H,7-9,14-15H2,1-2H3/t16-/m0/s1. The van der Waals surface area contributed by atoms with Crippen molar-refractivity contribution in [1.29, 1.82) is 0 Å². The van der Waals surface area contributed by atoms with Crippen molar-refractivity contribution in [3.8, 4) is 11.4 Å². The zero-order valence-electron chi connectivity index (χ0n) is 17.2. The number of thioether (sulfide) groups is 1. The van der Waals surface area contributed by atoms with Crippen LogP contribution in [0.4, 0.5) is 0 Å². The van der Waals surface area contributed by atoms with Gasteiger partial charge in [-0.15, -0.1) is 0 Å². The lowest BCUT2D eigenvalue weighted by atomic mass is 10.0. The van der Waals surface area contributed by atoms with E-state index in [9.17, 15) is 9.59 Å². The van der Waals surface area contributed by atoms with Crippen molar-refractivity contribution in [2.24, 2.45) is 0 Å². The number of aromatic nitrogens is 2. The molecule has 0 N–H and O–H groups in total. The second-order valence-corrected chi connectivity index (χ2v) is 8.39. The highest BCUT2D eigenvalue weighted by molar-refractivity contribution is 7.99. The number of nitrogens with zero attached hydrogens (tertiary/aromatic N) is 3. The Morgan fingerprint density at radius 2 is 1.93 bits per heavy atom. The Kier molecular flexibility index (Phi) is 6.08. The molecule has 156 valence electrons. The predicted molar refractivity (Wildman–Crippen MR) is 120 cm³/mol. The molecule has 1 aliphatic rings. The van der Waals surface area contributed by atoms with Crippen LogP contribution in [0.1, 0.15) is 26.2 Å². The van der Waals surface area contributed by atoms with E-state index in [1.165, 1.54) is 11.8 Å². The van der Waals surface area contributed by atoms with E-state index in [1.54, 1.807) is 17.7 Å². The van der Waals surface area contributed by atoms with Crippen LogP contribution in [0.3, 0.4) is 0 Å². The van der Waals surface area contributed by atoms with Crippen molar-refractivity contribution in [2.45, 2.75) is 37.4 Å². The fraction of sp³-hybridized carbons (Fsp3) is 0.348. The van der Waals surface area contributed by atoms with Crippen LogP contribution < -0.4 is 10.3 Å². The third-order valence-electron chi connectivity index (χ3n) is 5.52. The number of rotatable bonds is 5. The second kappa shape index (κ2) is 8.92. The lowest BCUT2D eigenvalue weighted by molar-refractivity contribution is -0.131. The molecule has 0 unspecified atom stereocenters. The Morgan fingerprint density at radius 1 is 1.17 bits per heavy atom. The van der Waals surface area contributed by atoms with Gasteiger partial charge in [0.2, 0.25) is 5.91 Å². The molecule has 0 aliphatic carbocycles. The summed E-state index contributed by atoms with van der Waals surface area (Å²) < 4.78 is 7.04. The summed E-state index contributed by atoms with van der Waals surface area (Å²) >= 11 is 1.30. The van der Waals surface area contributed by atoms with E-state index >= 15 is 0 Å². The molecule has 1 aliphatic heterocycles. The summed E-state index contributed by atoms with van der Waals surface area (Å²) in [4.78, 5) is 32.9. The molecule has 0 spiro atoms. The monoisotopic (exact) mass is 423 g/mol. The number of methoxy groups -OCH3 is 1. The Balaban J connectivity index is 1.75. The molecule has 3 aromatic rings. The van der Waals surface area contributed by atoms with Gasteiger partial charge in [0.1, 0.15) is 5.75 Å². The fourth-order valence-corrected chi connectivity index (χ4v) is 4.81. The maximum atomic E-state index is 13.4. The summed E-state index contributed by atoms with van der Waals surface area (Å²) in [7, 11) is 1.58. The maximum Gasteiger partial charge on any atom is 0.266 e. The van der Waals surface area contributed by atoms with E-state index in [2.05, 4.69) is 6.92 Å². The van der Waals surface area contributed by atoms with Gasteiger partial charge in [0.05, 0.1) is 29.5 Å². The van der Waals surface area contributed by atoms with Crippen molar-refractivity contribution in [3.63, 3.8) is 0 Å². The highest BCUT2D eigenvalue weighted by Gasteiger charge is 2.24. The van der Waals surface area contributed by atoms with E-state index in [0.29, 0.717) is 27.5 Å². The van der Waals surface area contributed by atoms with Gasteiger partial charge in [-0.1, -0.05) is 36.0 Å². The molecule has 1 amide bonds. The van der Waals surface area contributed by atoms with E-state index in [1.807, 2.05) is 47.4 Å². The van der Waals surface area contributed by atoms with E-state index < -0.39 is 0 Å². The number of para-hydroxylation sites is 3. The van der Waals surface area contributed by atoms with Gasteiger partial charge in [0.25, 0.3) is 5.56 Å². The molecule has 1 fully saturated rings. The first-order chi connectivity index (χ1) is 14.6. The molecule has 0 bridgehead atoms. The Hall–Kier alpha value is -2.80. The number of hydrogen-bond acceptors (Lipinski definition) is 5. The van der Waals surface area contributed by atoms with Crippen molar-refractivity contribution in [1.82, 2.24) is 14.5 Å². The van der Waals surface area contributed by atoms with Gasteiger partial charge in [-0.25, -0.2) is 4.98 Å². The highest BCUT2D eigenvalue weighted by Crippen LogP contribution is 2.27. The number of carbonyl (C=O) groups is 1. The molecule has 6 nitrogen and oxygen atoms in total. The molecule has 30 heavy (non-hydrogen) atoms. The van der Waals surface area contributed by atoms with Crippen LogP contribution in [-0.2, 0) is 4.79 Å². The molecule has 0 radical (unpaired) electrons. The summed E-state index contributed by atoms with van der Waals surface area (Å²) in [6.45, 7) is 2.89. The van der Waals surface area contributed by atoms with Gasteiger partial charge in [0, 0.05) is 12.6 Å². The summed E-state index contributed by atoms with van der Waals surface area (Å²) in [5.74, 6) is 0.903. The van der Waals surface area contributed by atoms with Gasteiger partial charge in [-0.3, -0.25) is 14.2 Å². The predicted octanol–water partition coefficient (Wildman–Crippen LogP) is 3.89. The zero-order chi connectivity index (χ0) is 21.1. The third kappa shape index (κ3) is 3.94. The SMILES string of the molecule is COc1ccccc1-n1c(SCC(=O)N2CCCC[C@@H]2C)nc2ccccc2c1=O. The smallest absolute Gasteiger partial charge is 0.266 e. The summed E-state index contributed by atoms with van der Waals surface area (Å²) in [5.41, 5.74) is 1.06. The number of fused-ring (bicyclic) bond motifs is 1. The Bertz CT molecular complexity index is 1130. The van der Waals surface area contributed by atoms with Crippen LogP contribution in [0.15, 0.2) is 58.5 Å². The molecule has 4 rings (SSSR count). The van der Waals surface area contributed by atoms with Gasteiger partial charge < -0.3 is 9.64 Å². The first-order valence-corrected chi connectivity index (χ1v) is 11.2. The van der Waals surface area contributed by atoms with Gasteiger partial charge in [-0.2, -0.15) is 0 Å². The van der Waals surface area contributed by atoms with E-state index in [4.69, 9.17) is 9.72 Å². The van der Waals surface area contributed by atoms with E-state index in [-0.39, 0.29) is 23.3 Å². The van der Waals surface area contributed by atoms with Crippen molar-refractivity contribution in [3.05, 3.63) is 58.9 Å². The minimum Gasteiger partial charge on any atom is -0.495 e. The largest absolute Gasteiger partial charge is 0.495 e. The molecule has 0 saturated carbocycles. The first kappa shape index (κ1) is 20.5. The van der Waals surface area contributed by atoms with Gasteiger partial charge >= 0.3 is 0 Å². The van der Waals surface area contributed by atoms with Crippen LogP contribution in [0.2, 0.25) is 0 Å².